The predicted molar refractivity (Wildman–Crippen MR) is 76.8 cm³/mol. The van der Waals surface area contributed by atoms with E-state index < -0.39 is 16.1 Å². The van der Waals surface area contributed by atoms with Gasteiger partial charge in [-0.15, -0.1) is 0 Å². The molecule has 0 aromatic heterocycles. The molecule has 0 unspecified atom stereocenters. The van der Waals surface area contributed by atoms with Gasteiger partial charge in [0.05, 0.1) is 22.6 Å². The van der Waals surface area contributed by atoms with Crippen LogP contribution in [0.2, 0.25) is 0 Å². The highest BCUT2D eigenvalue weighted by Crippen LogP contribution is 2.28. The Balaban J connectivity index is 3.04. The molecule has 7 heteroatoms. The van der Waals surface area contributed by atoms with E-state index in [1.54, 1.807) is 13.0 Å². The molecular formula is C12H18BrNO4S. The Hall–Kier alpha value is -0.630. The summed E-state index contributed by atoms with van der Waals surface area (Å²) in [6, 6.07) is 4.09. The Morgan fingerprint density at radius 2 is 2.11 bits per heavy atom. The normalized spacial score (nSPS) is 13.3. The zero-order valence-corrected chi connectivity index (χ0v) is 13.3. The summed E-state index contributed by atoms with van der Waals surface area (Å²) in [7, 11) is -3.65. The second kappa shape index (κ2) is 7.23. The lowest BCUT2D eigenvalue weighted by atomic mass is 10.3. The first kappa shape index (κ1) is 16.4. The fraction of sp³-hybridized carbons (Fsp3) is 0.500. The summed E-state index contributed by atoms with van der Waals surface area (Å²) in [6.45, 7) is 3.84. The largest absolute Gasteiger partial charge is 0.493 e. The number of aliphatic hydroxyl groups is 1. The van der Waals surface area contributed by atoms with Gasteiger partial charge < -0.3 is 9.84 Å². The maximum Gasteiger partial charge on any atom is 0.241 e. The monoisotopic (exact) mass is 351 g/mol. The molecule has 0 bridgehead atoms. The van der Waals surface area contributed by atoms with Crippen LogP contribution in [-0.4, -0.2) is 32.8 Å². The van der Waals surface area contributed by atoms with Crippen molar-refractivity contribution >= 4 is 26.0 Å². The number of halogens is 1. The average molecular weight is 352 g/mol. The van der Waals surface area contributed by atoms with Crippen molar-refractivity contribution in [2.45, 2.75) is 31.2 Å². The summed E-state index contributed by atoms with van der Waals surface area (Å²) in [6.07, 6.45) is 0.518. The number of sulfonamides is 1. The Kier molecular flexibility index (Phi) is 6.25. The third-order valence-corrected chi connectivity index (χ3v) is 4.72. The fourth-order valence-electron chi connectivity index (χ4n) is 1.45. The number of hydrogen-bond donors (Lipinski definition) is 2. The molecule has 0 amide bonds. The van der Waals surface area contributed by atoms with E-state index in [1.165, 1.54) is 12.1 Å². The molecule has 0 saturated carbocycles. The van der Waals surface area contributed by atoms with E-state index in [0.29, 0.717) is 23.2 Å². The smallest absolute Gasteiger partial charge is 0.241 e. The third-order valence-electron chi connectivity index (χ3n) is 2.55. The molecule has 0 fully saturated rings. The zero-order chi connectivity index (χ0) is 14.5. The van der Waals surface area contributed by atoms with Crippen molar-refractivity contribution < 1.29 is 18.3 Å². The van der Waals surface area contributed by atoms with Gasteiger partial charge in [-0.1, -0.05) is 6.92 Å². The van der Waals surface area contributed by atoms with Crippen LogP contribution in [0.3, 0.4) is 0 Å². The first-order valence-corrected chi connectivity index (χ1v) is 8.27. The summed E-state index contributed by atoms with van der Waals surface area (Å²) in [5.41, 5.74) is 0. The predicted octanol–water partition coefficient (Wildman–Crippen LogP) is 1.90. The average Bonchev–Trinajstić information content (AvgIpc) is 2.38. The summed E-state index contributed by atoms with van der Waals surface area (Å²) in [4.78, 5) is 0.117. The Morgan fingerprint density at radius 3 is 2.63 bits per heavy atom. The van der Waals surface area contributed by atoms with Crippen LogP contribution < -0.4 is 9.46 Å². The van der Waals surface area contributed by atoms with Gasteiger partial charge >= 0.3 is 0 Å². The molecule has 0 spiro atoms. The van der Waals surface area contributed by atoms with Crippen LogP contribution in [0.4, 0.5) is 0 Å². The molecule has 1 aromatic rings. The highest BCUT2D eigenvalue weighted by atomic mass is 79.9. The van der Waals surface area contributed by atoms with Crippen LogP contribution in [0.1, 0.15) is 20.3 Å². The molecule has 1 aromatic carbocycles. The molecule has 0 saturated heterocycles. The molecule has 19 heavy (non-hydrogen) atoms. The summed E-state index contributed by atoms with van der Waals surface area (Å²) in [5, 5.41) is 9.06. The molecule has 2 N–H and O–H groups in total. The maximum atomic E-state index is 12.1. The van der Waals surface area contributed by atoms with Crippen molar-refractivity contribution in [2.75, 3.05) is 13.2 Å². The van der Waals surface area contributed by atoms with Gasteiger partial charge in [0.15, 0.2) is 0 Å². The number of hydrogen-bond acceptors (Lipinski definition) is 4. The van der Waals surface area contributed by atoms with E-state index in [0.717, 1.165) is 0 Å². The van der Waals surface area contributed by atoms with Crippen LogP contribution in [0, 0.1) is 0 Å². The highest BCUT2D eigenvalue weighted by Gasteiger charge is 2.19. The number of nitrogens with one attached hydrogen (secondary N) is 1. The molecule has 0 aliphatic heterocycles. The molecule has 0 aliphatic rings. The molecule has 0 radical (unpaired) electrons. The summed E-state index contributed by atoms with van der Waals surface area (Å²) >= 11 is 3.30. The second-order valence-corrected chi connectivity index (χ2v) is 6.50. The summed E-state index contributed by atoms with van der Waals surface area (Å²) < 4.78 is 32.8. The van der Waals surface area contributed by atoms with Crippen LogP contribution >= 0.6 is 15.9 Å². The minimum atomic E-state index is -3.65. The van der Waals surface area contributed by atoms with Crippen molar-refractivity contribution in [1.29, 1.82) is 0 Å². The topological polar surface area (TPSA) is 75.6 Å². The molecule has 0 aliphatic carbocycles. The lowest BCUT2D eigenvalue weighted by Crippen LogP contribution is -2.36. The van der Waals surface area contributed by atoms with E-state index in [-0.39, 0.29) is 11.5 Å². The minimum absolute atomic E-state index is 0.117. The van der Waals surface area contributed by atoms with Gasteiger partial charge in [0.1, 0.15) is 5.75 Å². The lowest BCUT2D eigenvalue weighted by molar-refractivity contribution is 0.254. The molecule has 5 nitrogen and oxygen atoms in total. The standard InChI is InChI=1S/C12H18BrNO4S/c1-3-9(8-15)14-19(16,17)10-5-6-11(13)12(7-10)18-4-2/h5-7,9,14-15H,3-4,8H2,1-2H3/t9-/m1/s1. The minimum Gasteiger partial charge on any atom is -0.493 e. The Labute approximate surface area is 122 Å². The van der Waals surface area contributed by atoms with Crippen molar-refractivity contribution in [3.8, 4) is 5.75 Å². The van der Waals surface area contributed by atoms with Crippen molar-refractivity contribution in [3.63, 3.8) is 0 Å². The van der Waals surface area contributed by atoms with E-state index in [9.17, 15) is 8.42 Å². The number of benzene rings is 1. The molecular weight excluding hydrogens is 334 g/mol. The van der Waals surface area contributed by atoms with Crippen LogP contribution in [0.15, 0.2) is 27.6 Å². The Bertz CT molecular complexity index is 514. The zero-order valence-electron chi connectivity index (χ0n) is 10.9. The maximum absolute atomic E-state index is 12.1. The van der Waals surface area contributed by atoms with Gasteiger partial charge in [-0.2, -0.15) is 0 Å². The van der Waals surface area contributed by atoms with Crippen LogP contribution in [0.5, 0.6) is 5.75 Å². The van der Waals surface area contributed by atoms with Gasteiger partial charge in [0.25, 0.3) is 0 Å². The molecule has 0 heterocycles. The molecule has 1 atom stereocenters. The first-order valence-electron chi connectivity index (χ1n) is 6.00. The second-order valence-electron chi connectivity index (χ2n) is 3.93. The fourth-order valence-corrected chi connectivity index (χ4v) is 3.14. The van der Waals surface area contributed by atoms with Crippen molar-refractivity contribution in [3.05, 3.63) is 22.7 Å². The third kappa shape index (κ3) is 4.45. The lowest BCUT2D eigenvalue weighted by Gasteiger charge is -2.15. The quantitative estimate of drug-likeness (QED) is 0.786. The SMILES string of the molecule is CCOc1cc(S(=O)(=O)N[C@H](CC)CO)ccc1Br. The van der Waals surface area contributed by atoms with Gasteiger partial charge in [-0.05, 0) is 41.4 Å². The first-order chi connectivity index (χ1) is 8.94. The van der Waals surface area contributed by atoms with E-state index in [2.05, 4.69) is 20.7 Å². The van der Waals surface area contributed by atoms with Gasteiger partial charge in [-0.25, -0.2) is 13.1 Å². The van der Waals surface area contributed by atoms with Crippen LogP contribution in [-0.2, 0) is 10.0 Å². The molecule has 1 rings (SSSR count). The van der Waals surface area contributed by atoms with E-state index in [1.807, 2.05) is 6.92 Å². The Morgan fingerprint density at radius 1 is 1.42 bits per heavy atom. The van der Waals surface area contributed by atoms with Gasteiger partial charge in [-0.3, -0.25) is 0 Å². The van der Waals surface area contributed by atoms with E-state index in [4.69, 9.17) is 9.84 Å². The van der Waals surface area contributed by atoms with E-state index >= 15 is 0 Å². The summed E-state index contributed by atoms with van der Waals surface area (Å²) in [5.74, 6) is 0.474. The van der Waals surface area contributed by atoms with Gasteiger partial charge in [0, 0.05) is 12.1 Å². The van der Waals surface area contributed by atoms with Crippen LogP contribution in [0.25, 0.3) is 0 Å². The number of rotatable bonds is 7. The van der Waals surface area contributed by atoms with Gasteiger partial charge in [0.2, 0.25) is 10.0 Å². The number of ether oxygens (including phenoxy) is 1. The van der Waals surface area contributed by atoms with Crippen molar-refractivity contribution in [1.82, 2.24) is 4.72 Å². The van der Waals surface area contributed by atoms with Crippen molar-refractivity contribution in [2.24, 2.45) is 0 Å². The molecule has 108 valence electrons. The number of aliphatic hydroxyl groups excluding tert-OH is 1. The highest BCUT2D eigenvalue weighted by molar-refractivity contribution is 9.10.